The van der Waals surface area contributed by atoms with Crippen LogP contribution in [0, 0.1) is 13.8 Å². The predicted octanol–water partition coefficient (Wildman–Crippen LogP) is 3.56. The van der Waals surface area contributed by atoms with E-state index in [1.54, 1.807) is 6.92 Å². The summed E-state index contributed by atoms with van der Waals surface area (Å²) in [4.78, 5) is 4.32. The van der Waals surface area contributed by atoms with E-state index in [-0.39, 0.29) is 0 Å². The van der Waals surface area contributed by atoms with Crippen molar-refractivity contribution in [3.8, 4) is 0 Å². The minimum atomic E-state index is -0.592. The third-order valence-electron chi connectivity index (χ3n) is 2.72. The van der Waals surface area contributed by atoms with Crippen molar-refractivity contribution in [1.29, 1.82) is 0 Å². The second-order valence-electron chi connectivity index (χ2n) is 4.19. The van der Waals surface area contributed by atoms with E-state index in [1.807, 2.05) is 26.0 Å². The third kappa shape index (κ3) is 1.91. The molecule has 0 saturated carbocycles. The Morgan fingerprint density at radius 2 is 1.94 bits per heavy atom. The molecule has 2 aromatic rings. The molecule has 0 aliphatic carbocycles. The lowest BCUT2D eigenvalue weighted by Crippen LogP contribution is -1.96. The van der Waals surface area contributed by atoms with E-state index in [2.05, 4.69) is 11.1 Å². The lowest BCUT2D eigenvalue weighted by Gasteiger charge is -2.10. The predicted molar refractivity (Wildman–Crippen MR) is 66.9 cm³/mol. The van der Waals surface area contributed by atoms with Crippen molar-refractivity contribution in [1.82, 2.24) is 4.98 Å². The maximum Gasteiger partial charge on any atom is 0.135 e. The zero-order valence-corrected chi connectivity index (χ0v) is 10.3. The molecule has 3 heteroatoms. The summed E-state index contributed by atoms with van der Waals surface area (Å²) >= 11 is 6.03. The highest BCUT2D eigenvalue weighted by atomic mass is 35.5. The molecule has 0 spiro atoms. The Morgan fingerprint density at radius 3 is 2.56 bits per heavy atom. The van der Waals surface area contributed by atoms with Crippen molar-refractivity contribution < 1.29 is 5.11 Å². The SMILES string of the molecule is Cc1cc(C)c2cc([C@H](C)O)c(Cl)nc2c1. The van der Waals surface area contributed by atoms with Crippen LogP contribution in [0.4, 0.5) is 0 Å². The van der Waals surface area contributed by atoms with Gasteiger partial charge in [0.05, 0.1) is 11.6 Å². The molecule has 0 aliphatic heterocycles. The van der Waals surface area contributed by atoms with Crippen molar-refractivity contribution in [3.05, 3.63) is 40.0 Å². The first-order valence-electron chi connectivity index (χ1n) is 5.24. The quantitative estimate of drug-likeness (QED) is 0.767. The molecule has 0 saturated heterocycles. The van der Waals surface area contributed by atoms with Gasteiger partial charge >= 0.3 is 0 Å². The molecular weight excluding hydrogens is 222 g/mol. The Bertz CT molecular complexity index is 549. The van der Waals surface area contributed by atoms with Gasteiger partial charge < -0.3 is 5.11 Å². The highest BCUT2D eigenvalue weighted by molar-refractivity contribution is 6.30. The van der Waals surface area contributed by atoms with Gasteiger partial charge in [0.25, 0.3) is 0 Å². The maximum atomic E-state index is 9.59. The summed E-state index contributed by atoms with van der Waals surface area (Å²) in [7, 11) is 0. The Labute approximate surface area is 99.9 Å². The van der Waals surface area contributed by atoms with Crippen LogP contribution in [-0.2, 0) is 0 Å². The summed E-state index contributed by atoms with van der Waals surface area (Å²) in [6.07, 6.45) is -0.592. The number of halogens is 1. The Morgan fingerprint density at radius 1 is 1.25 bits per heavy atom. The number of benzene rings is 1. The molecule has 1 N–H and O–H groups in total. The van der Waals surface area contributed by atoms with Gasteiger partial charge in [0, 0.05) is 10.9 Å². The number of aryl methyl sites for hydroxylation is 2. The molecule has 1 aromatic heterocycles. The number of pyridine rings is 1. The lowest BCUT2D eigenvalue weighted by molar-refractivity contribution is 0.199. The molecule has 2 nitrogen and oxygen atoms in total. The van der Waals surface area contributed by atoms with Gasteiger partial charge in [-0.15, -0.1) is 0 Å². The topological polar surface area (TPSA) is 33.1 Å². The number of rotatable bonds is 1. The molecule has 2 rings (SSSR count). The summed E-state index contributed by atoms with van der Waals surface area (Å²) in [5, 5.41) is 11.0. The first-order chi connectivity index (χ1) is 7.49. The van der Waals surface area contributed by atoms with Gasteiger partial charge in [-0.2, -0.15) is 0 Å². The molecule has 0 aliphatic rings. The number of nitrogens with zero attached hydrogens (tertiary/aromatic N) is 1. The molecule has 84 valence electrons. The third-order valence-corrected chi connectivity index (χ3v) is 3.02. The second kappa shape index (κ2) is 4.04. The highest BCUT2D eigenvalue weighted by Crippen LogP contribution is 2.27. The van der Waals surface area contributed by atoms with Crippen molar-refractivity contribution in [3.63, 3.8) is 0 Å². The van der Waals surface area contributed by atoms with Crippen molar-refractivity contribution in [2.45, 2.75) is 26.9 Å². The van der Waals surface area contributed by atoms with Gasteiger partial charge in [0.2, 0.25) is 0 Å². The van der Waals surface area contributed by atoms with E-state index in [9.17, 15) is 5.11 Å². The lowest BCUT2D eigenvalue weighted by atomic mass is 10.0. The molecule has 16 heavy (non-hydrogen) atoms. The largest absolute Gasteiger partial charge is 0.389 e. The van der Waals surface area contributed by atoms with E-state index < -0.39 is 6.10 Å². The highest BCUT2D eigenvalue weighted by Gasteiger charge is 2.10. The number of aliphatic hydroxyl groups excluding tert-OH is 1. The monoisotopic (exact) mass is 235 g/mol. The smallest absolute Gasteiger partial charge is 0.135 e. The minimum absolute atomic E-state index is 0.382. The Balaban J connectivity index is 2.79. The van der Waals surface area contributed by atoms with Crippen LogP contribution in [0.15, 0.2) is 18.2 Å². The number of fused-ring (bicyclic) bond motifs is 1. The molecule has 0 unspecified atom stereocenters. The zero-order valence-electron chi connectivity index (χ0n) is 9.58. The van der Waals surface area contributed by atoms with E-state index >= 15 is 0 Å². The van der Waals surface area contributed by atoms with Crippen molar-refractivity contribution >= 4 is 22.5 Å². The maximum absolute atomic E-state index is 9.59. The molecule has 1 atom stereocenters. The molecular formula is C13H14ClNO. The summed E-state index contributed by atoms with van der Waals surface area (Å²) in [6.45, 7) is 5.76. The molecule has 0 radical (unpaired) electrons. The number of hydrogen-bond acceptors (Lipinski definition) is 2. The van der Waals surface area contributed by atoms with Gasteiger partial charge in [0.1, 0.15) is 5.15 Å². The summed E-state index contributed by atoms with van der Waals surface area (Å²) < 4.78 is 0. The van der Waals surface area contributed by atoms with E-state index in [1.165, 1.54) is 5.56 Å². The van der Waals surface area contributed by atoms with Crippen LogP contribution in [0.1, 0.15) is 29.7 Å². The molecule has 0 bridgehead atoms. The van der Waals surface area contributed by atoms with E-state index in [0.29, 0.717) is 10.7 Å². The average molecular weight is 236 g/mol. The fourth-order valence-electron chi connectivity index (χ4n) is 1.91. The van der Waals surface area contributed by atoms with Crippen LogP contribution in [0.5, 0.6) is 0 Å². The van der Waals surface area contributed by atoms with Gasteiger partial charge in [-0.05, 0) is 44.0 Å². The number of aromatic nitrogens is 1. The Hall–Kier alpha value is -1.12. The zero-order chi connectivity index (χ0) is 11.9. The molecule has 0 amide bonds. The van der Waals surface area contributed by atoms with Gasteiger partial charge in [-0.25, -0.2) is 4.98 Å². The van der Waals surface area contributed by atoms with Crippen LogP contribution in [0.3, 0.4) is 0 Å². The van der Waals surface area contributed by atoms with Crippen molar-refractivity contribution in [2.75, 3.05) is 0 Å². The summed E-state index contributed by atoms with van der Waals surface area (Å²) in [5.74, 6) is 0. The fraction of sp³-hybridized carbons (Fsp3) is 0.308. The van der Waals surface area contributed by atoms with E-state index in [4.69, 9.17) is 11.6 Å². The number of hydrogen-bond donors (Lipinski definition) is 1. The first-order valence-corrected chi connectivity index (χ1v) is 5.62. The van der Waals surface area contributed by atoms with Crippen LogP contribution >= 0.6 is 11.6 Å². The van der Waals surface area contributed by atoms with Crippen molar-refractivity contribution in [2.24, 2.45) is 0 Å². The molecule has 0 fully saturated rings. The number of aliphatic hydroxyl groups is 1. The Kier molecular flexibility index (Phi) is 2.87. The summed E-state index contributed by atoms with van der Waals surface area (Å²) in [6, 6.07) is 6.02. The van der Waals surface area contributed by atoms with Crippen LogP contribution in [-0.4, -0.2) is 10.1 Å². The normalized spacial score (nSPS) is 13.1. The van der Waals surface area contributed by atoms with E-state index in [0.717, 1.165) is 16.5 Å². The van der Waals surface area contributed by atoms with Gasteiger partial charge in [-0.3, -0.25) is 0 Å². The minimum Gasteiger partial charge on any atom is -0.389 e. The second-order valence-corrected chi connectivity index (χ2v) is 4.55. The average Bonchev–Trinajstić information content (AvgIpc) is 2.15. The summed E-state index contributed by atoms with van der Waals surface area (Å²) in [5.41, 5.74) is 3.88. The molecule has 1 aromatic carbocycles. The van der Waals surface area contributed by atoms with Crippen LogP contribution in [0.2, 0.25) is 5.15 Å². The standard InChI is InChI=1S/C13H14ClNO/c1-7-4-8(2)10-6-11(9(3)16)13(14)15-12(10)5-7/h4-6,9,16H,1-3H3/t9-/m0/s1. The van der Waals surface area contributed by atoms with Gasteiger partial charge in [0.15, 0.2) is 0 Å². The van der Waals surface area contributed by atoms with Crippen LogP contribution in [0.25, 0.3) is 10.9 Å². The molecule has 1 heterocycles. The first kappa shape index (κ1) is 11.4. The fourth-order valence-corrected chi connectivity index (χ4v) is 2.22. The van der Waals surface area contributed by atoms with Gasteiger partial charge in [-0.1, -0.05) is 17.7 Å². The van der Waals surface area contributed by atoms with Crippen LogP contribution < -0.4 is 0 Å².